The van der Waals surface area contributed by atoms with E-state index in [1.807, 2.05) is 6.92 Å². The Morgan fingerprint density at radius 1 is 1.38 bits per heavy atom. The molecule has 1 aliphatic heterocycles. The highest BCUT2D eigenvalue weighted by atomic mass is 19.1. The molecule has 1 N–H and O–H groups in total. The van der Waals surface area contributed by atoms with Gasteiger partial charge in [0.15, 0.2) is 0 Å². The number of hydrogen-bond acceptors (Lipinski definition) is 2. The Labute approximate surface area is 125 Å². The van der Waals surface area contributed by atoms with Gasteiger partial charge in [0.2, 0.25) is 0 Å². The van der Waals surface area contributed by atoms with Gasteiger partial charge in [0.25, 0.3) is 0 Å². The second-order valence-electron chi connectivity index (χ2n) is 6.56. The monoisotopic (exact) mass is 297 g/mol. The fraction of sp³-hybridized carbons (Fsp3) is 0.647. The zero-order chi connectivity index (χ0) is 15.5. The minimum Gasteiger partial charge on any atom is -0.378 e. The molecular formula is C17H25F2NO. The van der Waals surface area contributed by atoms with E-state index in [-0.39, 0.29) is 11.5 Å². The highest BCUT2D eigenvalue weighted by Crippen LogP contribution is 2.38. The van der Waals surface area contributed by atoms with Crippen LogP contribution in [0.1, 0.15) is 32.8 Å². The molecule has 1 aromatic carbocycles. The van der Waals surface area contributed by atoms with Gasteiger partial charge in [-0.1, -0.05) is 19.9 Å². The maximum atomic E-state index is 14.0. The van der Waals surface area contributed by atoms with E-state index in [0.29, 0.717) is 24.5 Å². The zero-order valence-corrected chi connectivity index (χ0v) is 13.1. The third kappa shape index (κ3) is 4.01. The normalized spacial score (nSPS) is 25.7. The number of ether oxygens (including phenoxy) is 1. The van der Waals surface area contributed by atoms with Gasteiger partial charge in [-0.15, -0.1) is 0 Å². The minimum atomic E-state index is -0.529. The van der Waals surface area contributed by atoms with Crippen molar-refractivity contribution in [2.75, 3.05) is 19.7 Å². The molecule has 1 heterocycles. The first kappa shape index (κ1) is 16.4. The molecule has 0 saturated carbocycles. The maximum Gasteiger partial charge on any atom is 0.129 e. The summed E-state index contributed by atoms with van der Waals surface area (Å²) in [5.41, 5.74) is 0.452. The van der Waals surface area contributed by atoms with Crippen LogP contribution in [0.2, 0.25) is 0 Å². The smallest absolute Gasteiger partial charge is 0.129 e. The molecule has 0 aromatic heterocycles. The van der Waals surface area contributed by atoms with E-state index >= 15 is 0 Å². The van der Waals surface area contributed by atoms with Crippen LogP contribution in [0.25, 0.3) is 0 Å². The standard InChI is InChI=1S/C17H25F2NO/c1-12(2)10-20-11-17(6-7-21-13(17)3)9-14-4-5-15(18)8-16(14)19/h4-5,8,12-13,20H,6-7,9-11H2,1-3H3. The molecule has 1 aliphatic rings. The summed E-state index contributed by atoms with van der Waals surface area (Å²) in [6, 6.07) is 3.85. The Morgan fingerprint density at radius 2 is 2.14 bits per heavy atom. The van der Waals surface area contributed by atoms with Crippen LogP contribution in [0.15, 0.2) is 18.2 Å². The average Bonchev–Trinajstić information content (AvgIpc) is 2.74. The van der Waals surface area contributed by atoms with Crippen LogP contribution in [-0.2, 0) is 11.2 Å². The Bertz CT molecular complexity index is 478. The number of hydrogen-bond donors (Lipinski definition) is 1. The zero-order valence-electron chi connectivity index (χ0n) is 13.1. The van der Waals surface area contributed by atoms with Gasteiger partial charge in [-0.2, -0.15) is 0 Å². The van der Waals surface area contributed by atoms with Gasteiger partial charge < -0.3 is 10.1 Å². The Balaban J connectivity index is 2.12. The predicted octanol–water partition coefficient (Wildman–Crippen LogP) is 3.55. The molecule has 0 aliphatic carbocycles. The van der Waals surface area contributed by atoms with Crippen molar-refractivity contribution >= 4 is 0 Å². The number of benzene rings is 1. The Morgan fingerprint density at radius 3 is 2.71 bits per heavy atom. The molecule has 21 heavy (non-hydrogen) atoms. The summed E-state index contributed by atoms with van der Waals surface area (Å²) in [6.45, 7) is 8.80. The molecule has 2 atom stereocenters. The maximum absolute atomic E-state index is 14.0. The molecule has 1 fully saturated rings. The van der Waals surface area contributed by atoms with E-state index < -0.39 is 11.6 Å². The molecule has 0 spiro atoms. The van der Waals surface area contributed by atoms with E-state index in [0.717, 1.165) is 25.6 Å². The second kappa shape index (κ2) is 6.84. The molecule has 0 bridgehead atoms. The van der Waals surface area contributed by atoms with E-state index in [4.69, 9.17) is 4.74 Å². The lowest BCUT2D eigenvalue weighted by Crippen LogP contribution is -2.42. The van der Waals surface area contributed by atoms with Crippen molar-refractivity contribution in [1.82, 2.24) is 5.32 Å². The van der Waals surface area contributed by atoms with Crippen LogP contribution >= 0.6 is 0 Å². The van der Waals surface area contributed by atoms with Gasteiger partial charge in [-0.3, -0.25) is 0 Å². The van der Waals surface area contributed by atoms with Crippen molar-refractivity contribution in [2.45, 2.75) is 39.7 Å². The van der Waals surface area contributed by atoms with Crippen LogP contribution in [0.4, 0.5) is 8.78 Å². The number of halogens is 2. The first-order chi connectivity index (χ1) is 9.93. The van der Waals surface area contributed by atoms with E-state index in [1.165, 1.54) is 6.07 Å². The van der Waals surface area contributed by atoms with Gasteiger partial charge in [0.1, 0.15) is 11.6 Å². The summed E-state index contributed by atoms with van der Waals surface area (Å²) in [6.07, 6.45) is 1.54. The lowest BCUT2D eigenvalue weighted by atomic mass is 9.76. The van der Waals surface area contributed by atoms with E-state index in [1.54, 1.807) is 6.07 Å². The summed E-state index contributed by atoms with van der Waals surface area (Å²) in [5.74, 6) is -0.418. The van der Waals surface area contributed by atoms with Crippen molar-refractivity contribution in [3.05, 3.63) is 35.4 Å². The molecule has 1 saturated heterocycles. The predicted molar refractivity (Wildman–Crippen MR) is 80.2 cm³/mol. The molecule has 1 aromatic rings. The van der Waals surface area contributed by atoms with Crippen LogP contribution in [0, 0.1) is 23.0 Å². The third-order valence-corrected chi connectivity index (χ3v) is 4.42. The summed E-state index contributed by atoms with van der Waals surface area (Å²) < 4.78 is 32.7. The first-order valence-electron chi connectivity index (χ1n) is 7.69. The van der Waals surface area contributed by atoms with Crippen molar-refractivity contribution in [1.29, 1.82) is 0 Å². The molecule has 0 radical (unpaired) electrons. The van der Waals surface area contributed by atoms with Gasteiger partial charge in [-0.05, 0) is 43.9 Å². The SMILES string of the molecule is CC(C)CNCC1(Cc2ccc(F)cc2F)CCOC1C. The van der Waals surface area contributed by atoms with Crippen molar-refractivity contribution in [3.63, 3.8) is 0 Å². The van der Waals surface area contributed by atoms with Crippen molar-refractivity contribution in [3.8, 4) is 0 Å². The average molecular weight is 297 g/mol. The Kier molecular flexibility index (Phi) is 5.33. The Hall–Kier alpha value is -1.00. The lowest BCUT2D eigenvalue weighted by molar-refractivity contribution is 0.0623. The van der Waals surface area contributed by atoms with Gasteiger partial charge in [0.05, 0.1) is 6.10 Å². The van der Waals surface area contributed by atoms with Crippen LogP contribution in [-0.4, -0.2) is 25.8 Å². The summed E-state index contributed by atoms with van der Waals surface area (Å²) >= 11 is 0. The van der Waals surface area contributed by atoms with Gasteiger partial charge in [-0.25, -0.2) is 8.78 Å². The fourth-order valence-corrected chi connectivity index (χ4v) is 3.00. The first-order valence-corrected chi connectivity index (χ1v) is 7.69. The quantitative estimate of drug-likeness (QED) is 0.867. The molecule has 2 unspecified atom stereocenters. The van der Waals surface area contributed by atoms with E-state index in [9.17, 15) is 8.78 Å². The van der Waals surface area contributed by atoms with Crippen molar-refractivity contribution in [2.24, 2.45) is 11.3 Å². The third-order valence-electron chi connectivity index (χ3n) is 4.42. The molecule has 0 amide bonds. The number of rotatable bonds is 6. The number of nitrogens with one attached hydrogen (secondary N) is 1. The molecule has 2 nitrogen and oxygen atoms in total. The minimum absolute atomic E-state index is 0.0709. The molecule has 4 heteroatoms. The van der Waals surface area contributed by atoms with E-state index in [2.05, 4.69) is 19.2 Å². The largest absolute Gasteiger partial charge is 0.378 e. The highest BCUT2D eigenvalue weighted by Gasteiger charge is 2.41. The topological polar surface area (TPSA) is 21.3 Å². The van der Waals surface area contributed by atoms with Gasteiger partial charge in [0, 0.05) is 24.6 Å². The summed E-state index contributed by atoms with van der Waals surface area (Å²) in [4.78, 5) is 0. The molecule has 118 valence electrons. The lowest BCUT2D eigenvalue weighted by Gasteiger charge is -2.33. The highest BCUT2D eigenvalue weighted by molar-refractivity contribution is 5.21. The van der Waals surface area contributed by atoms with Crippen LogP contribution in [0.5, 0.6) is 0 Å². The fourth-order valence-electron chi connectivity index (χ4n) is 3.00. The van der Waals surface area contributed by atoms with Crippen LogP contribution < -0.4 is 5.32 Å². The molecule has 2 rings (SSSR count). The van der Waals surface area contributed by atoms with Crippen LogP contribution in [0.3, 0.4) is 0 Å². The second-order valence-corrected chi connectivity index (χ2v) is 6.56. The summed E-state index contributed by atoms with van der Waals surface area (Å²) in [7, 11) is 0. The van der Waals surface area contributed by atoms with Crippen molar-refractivity contribution < 1.29 is 13.5 Å². The van der Waals surface area contributed by atoms with Gasteiger partial charge >= 0.3 is 0 Å². The molecular weight excluding hydrogens is 272 g/mol. The summed E-state index contributed by atoms with van der Waals surface area (Å²) in [5, 5.41) is 3.47.